The van der Waals surface area contributed by atoms with Crippen LogP contribution in [0.4, 0.5) is 0 Å². The molecule has 3 aromatic rings. The molecule has 110 valence electrons. The molecule has 0 aliphatic rings. The van der Waals surface area contributed by atoms with E-state index in [4.69, 9.17) is 4.42 Å². The Bertz CT molecular complexity index is 915. The van der Waals surface area contributed by atoms with Crippen molar-refractivity contribution < 1.29 is 14.6 Å². The van der Waals surface area contributed by atoms with Gasteiger partial charge in [-0.3, -0.25) is 4.79 Å². The van der Waals surface area contributed by atoms with E-state index in [1.807, 2.05) is 0 Å². The second-order valence-corrected chi connectivity index (χ2v) is 5.03. The number of hydrogen-bond donors (Lipinski definition) is 2. The molecule has 0 atom stereocenters. The molecule has 0 saturated carbocycles. The van der Waals surface area contributed by atoms with Crippen molar-refractivity contribution in [1.29, 1.82) is 0 Å². The quantitative estimate of drug-likeness (QED) is 0.756. The van der Waals surface area contributed by atoms with Crippen molar-refractivity contribution in [3.8, 4) is 11.5 Å². The average molecular weight is 294 g/mol. The van der Waals surface area contributed by atoms with Crippen molar-refractivity contribution in [3.05, 3.63) is 69.6 Å². The van der Waals surface area contributed by atoms with Gasteiger partial charge in [0.25, 0.3) is 0 Å². The summed E-state index contributed by atoms with van der Waals surface area (Å²) in [6, 6.07) is 11.3. The second-order valence-electron chi connectivity index (χ2n) is 5.03. The summed E-state index contributed by atoms with van der Waals surface area (Å²) < 4.78 is 5.74. The molecule has 0 spiro atoms. The van der Waals surface area contributed by atoms with E-state index in [0.717, 1.165) is 0 Å². The number of phenols is 2. The smallest absolute Gasteiger partial charge is 0.196 e. The van der Waals surface area contributed by atoms with E-state index in [-0.39, 0.29) is 16.9 Å². The highest BCUT2D eigenvalue weighted by Gasteiger charge is 2.08. The average Bonchev–Trinajstić information content (AvgIpc) is 2.48. The van der Waals surface area contributed by atoms with E-state index in [1.54, 1.807) is 43.3 Å². The van der Waals surface area contributed by atoms with Crippen LogP contribution in [0, 0.1) is 6.92 Å². The molecular weight excluding hydrogens is 280 g/mol. The van der Waals surface area contributed by atoms with Crippen molar-refractivity contribution >= 4 is 23.1 Å². The maximum atomic E-state index is 12.3. The van der Waals surface area contributed by atoms with Gasteiger partial charge in [-0.25, -0.2) is 0 Å². The van der Waals surface area contributed by atoms with Gasteiger partial charge in [0.15, 0.2) is 5.43 Å². The topological polar surface area (TPSA) is 70.7 Å². The van der Waals surface area contributed by atoms with Crippen LogP contribution in [0.5, 0.6) is 11.5 Å². The lowest BCUT2D eigenvalue weighted by Crippen LogP contribution is -2.06. The Morgan fingerprint density at radius 1 is 1.00 bits per heavy atom. The Kier molecular flexibility index (Phi) is 3.43. The van der Waals surface area contributed by atoms with Crippen LogP contribution in [-0.2, 0) is 0 Å². The third-order valence-corrected chi connectivity index (χ3v) is 3.41. The largest absolute Gasteiger partial charge is 0.508 e. The molecule has 0 saturated heterocycles. The molecule has 22 heavy (non-hydrogen) atoms. The van der Waals surface area contributed by atoms with Gasteiger partial charge in [-0.05, 0) is 42.8 Å². The van der Waals surface area contributed by atoms with Gasteiger partial charge in [0.05, 0.1) is 5.39 Å². The number of rotatable bonds is 2. The highest BCUT2D eigenvalue weighted by Crippen LogP contribution is 2.23. The van der Waals surface area contributed by atoms with Crippen LogP contribution in [0.3, 0.4) is 0 Å². The molecule has 0 aliphatic carbocycles. The summed E-state index contributed by atoms with van der Waals surface area (Å²) in [5.74, 6) is 0.388. The summed E-state index contributed by atoms with van der Waals surface area (Å²) in [5, 5.41) is 19.5. The first-order chi connectivity index (χ1) is 10.5. The highest BCUT2D eigenvalue weighted by atomic mass is 16.3. The number of aromatic hydroxyl groups is 2. The zero-order chi connectivity index (χ0) is 15.7. The molecule has 4 heteroatoms. The predicted octanol–water partition coefficient (Wildman–Crippen LogP) is 3.68. The van der Waals surface area contributed by atoms with Gasteiger partial charge in [-0.15, -0.1) is 0 Å². The van der Waals surface area contributed by atoms with E-state index in [1.165, 1.54) is 18.2 Å². The second kappa shape index (κ2) is 5.41. The molecule has 1 aromatic heterocycles. The molecule has 0 aliphatic heterocycles. The standard InChI is InChI=1S/C18H14O4/c1-11-16(7-6-12-8-13(19)10-14(20)9-12)22-17-5-3-2-4-15(17)18(11)21/h2-10,19-20H,1H3. The minimum absolute atomic E-state index is 0.0312. The number of hydrogen-bond acceptors (Lipinski definition) is 4. The monoisotopic (exact) mass is 294 g/mol. The van der Waals surface area contributed by atoms with E-state index in [9.17, 15) is 15.0 Å². The Labute approximate surface area is 126 Å². The lowest BCUT2D eigenvalue weighted by molar-refractivity contribution is 0.450. The summed E-state index contributed by atoms with van der Waals surface area (Å²) in [6.07, 6.45) is 3.32. The number of phenolic OH excluding ortho intramolecular Hbond substituents is 2. The summed E-state index contributed by atoms with van der Waals surface area (Å²) in [4.78, 5) is 12.3. The molecule has 1 heterocycles. The van der Waals surface area contributed by atoms with Crippen LogP contribution in [0.15, 0.2) is 51.7 Å². The minimum Gasteiger partial charge on any atom is -0.508 e. The molecule has 3 rings (SSSR count). The Balaban J connectivity index is 2.09. The summed E-state index contributed by atoms with van der Waals surface area (Å²) in [6.45, 7) is 1.71. The summed E-state index contributed by atoms with van der Waals surface area (Å²) in [7, 11) is 0. The van der Waals surface area contributed by atoms with E-state index in [2.05, 4.69) is 0 Å². The maximum Gasteiger partial charge on any atom is 0.196 e. The van der Waals surface area contributed by atoms with Gasteiger partial charge < -0.3 is 14.6 Å². The van der Waals surface area contributed by atoms with Crippen LogP contribution in [0.25, 0.3) is 23.1 Å². The van der Waals surface area contributed by atoms with Gasteiger partial charge >= 0.3 is 0 Å². The van der Waals surface area contributed by atoms with Crippen molar-refractivity contribution in [2.24, 2.45) is 0 Å². The lowest BCUT2D eigenvalue weighted by atomic mass is 10.1. The van der Waals surface area contributed by atoms with Gasteiger partial charge in [0, 0.05) is 11.6 Å². The number of fused-ring (bicyclic) bond motifs is 1. The third-order valence-electron chi connectivity index (χ3n) is 3.41. The molecule has 2 N–H and O–H groups in total. The highest BCUT2D eigenvalue weighted by molar-refractivity contribution is 5.79. The fraction of sp³-hybridized carbons (Fsp3) is 0.0556. The lowest BCUT2D eigenvalue weighted by Gasteiger charge is -2.03. The molecule has 0 radical (unpaired) electrons. The van der Waals surface area contributed by atoms with Crippen molar-refractivity contribution in [2.45, 2.75) is 6.92 Å². The Morgan fingerprint density at radius 2 is 1.68 bits per heavy atom. The maximum absolute atomic E-state index is 12.3. The summed E-state index contributed by atoms with van der Waals surface area (Å²) in [5.41, 5.74) is 1.57. The van der Waals surface area contributed by atoms with Gasteiger partial charge in [0.1, 0.15) is 22.8 Å². The van der Waals surface area contributed by atoms with E-state index in [0.29, 0.717) is 27.9 Å². The molecular formula is C18H14O4. The minimum atomic E-state index is -0.0692. The van der Waals surface area contributed by atoms with Crippen molar-refractivity contribution in [3.63, 3.8) is 0 Å². The first-order valence-electron chi connectivity index (χ1n) is 6.78. The van der Waals surface area contributed by atoms with Gasteiger partial charge in [-0.2, -0.15) is 0 Å². The normalized spacial score (nSPS) is 11.3. The van der Waals surface area contributed by atoms with Crippen LogP contribution in [-0.4, -0.2) is 10.2 Å². The molecule has 0 fully saturated rings. The van der Waals surface area contributed by atoms with Crippen LogP contribution >= 0.6 is 0 Å². The first kappa shape index (κ1) is 13.9. The van der Waals surface area contributed by atoms with Gasteiger partial charge in [0.2, 0.25) is 0 Å². The predicted molar refractivity (Wildman–Crippen MR) is 85.9 cm³/mol. The molecule has 0 amide bonds. The fourth-order valence-corrected chi connectivity index (χ4v) is 2.30. The Morgan fingerprint density at radius 3 is 2.41 bits per heavy atom. The van der Waals surface area contributed by atoms with Crippen LogP contribution in [0.1, 0.15) is 16.9 Å². The molecule has 0 bridgehead atoms. The van der Waals surface area contributed by atoms with Crippen molar-refractivity contribution in [2.75, 3.05) is 0 Å². The van der Waals surface area contributed by atoms with Crippen LogP contribution in [0.2, 0.25) is 0 Å². The summed E-state index contributed by atoms with van der Waals surface area (Å²) >= 11 is 0. The fourth-order valence-electron chi connectivity index (χ4n) is 2.30. The van der Waals surface area contributed by atoms with E-state index >= 15 is 0 Å². The van der Waals surface area contributed by atoms with Gasteiger partial charge in [-0.1, -0.05) is 18.2 Å². The third kappa shape index (κ3) is 2.59. The number of benzene rings is 2. The molecule has 2 aromatic carbocycles. The zero-order valence-electron chi connectivity index (χ0n) is 11.9. The first-order valence-corrected chi connectivity index (χ1v) is 6.78. The van der Waals surface area contributed by atoms with Crippen molar-refractivity contribution in [1.82, 2.24) is 0 Å². The molecule has 0 unspecified atom stereocenters. The SMILES string of the molecule is Cc1c(C=Cc2cc(O)cc(O)c2)oc2ccccc2c1=O. The van der Waals surface area contributed by atoms with E-state index < -0.39 is 0 Å². The zero-order valence-corrected chi connectivity index (χ0v) is 11.9. The number of para-hydroxylation sites is 1. The Hall–Kier alpha value is -3.01. The molecule has 4 nitrogen and oxygen atoms in total. The van der Waals surface area contributed by atoms with Crippen LogP contribution < -0.4 is 5.43 Å².